The van der Waals surface area contributed by atoms with Gasteiger partial charge in [0.1, 0.15) is 0 Å². The van der Waals surface area contributed by atoms with Gasteiger partial charge in [-0.1, -0.05) is 22.0 Å². The molecule has 0 heterocycles. The van der Waals surface area contributed by atoms with Crippen molar-refractivity contribution in [1.82, 2.24) is 5.32 Å². The smallest absolute Gasteiger partial charge is 0.273 e. The second-order valence-electron chi connectivity index (χ2n) is 5.18. The molecule has 1 aromatic rings. The second-order valence-corrected chi connectivity index (χ2v) is 6.48. The molecule has 0 bridgehead atoms. The molecule has 108 valence electrons. The van der Waals surface area contributed by atoms with Gasteiger partial charge in [0.05, 0.1) is 4.92 Å². The van der Waals surface area contributed by atoms with Crippen LogP contribution >= 0.6 is 15.9 Å². The Kier molecular flexibility index (Phi) is 4.75. The molecule has 1 saturated carbocycles. The summed E-state index contributed by atoms with van der Waals surface area (Å²) < 4.78 is 0. The van der Waals surface area contributed by atoms with Crippen LogP contribution in [0.25, 0.3) is 0 Å². The van der Waals surface area contributed by atoms with Crippen LogP contribution in [0.1, 0.15) is 41.6 Å². The van der Waals surface area contributed by atoms with E-state index in [1.165, 1.54) is 6.07 Å². The largest absolute Gasteiger partial charge is 0.349 e. The van der Waals surface area contributed by atoms with E-state index in [9.17, 15) is 14.9 Å². The summed E-state index contributed by atoms with van der Waals surface area (Å²) in [5.74, 6) is -0.230. The molecule has 20 heavy (non-hydrogen) atoms. The molecule has 6 heteroatoms. The molecule has 1 aliphatic rings. The minimum Gasteiger partial charge on any atom is -0.349 e. The van der Waals surface area contributed by atoms with Crippen LogP contribution < -0.4 is 5.32 Å². The summed E-state index contributed by atoms with van der Waals surface area (Å²) in [6.07, 6.45) is 3.96. The molecular formula is C14H17BrN2O3. The molecule has 0 radical (unpaired) electrons. The minimum absolute atomic E-state index is 0.0122. The van der Waals surface area contributed by atoms with E-state index in [0.717, 1.165) is 25.7 Å². The normalized spacial score (nSPS) is 22.3. The highest BCUT2D eigenvalue weighted by Gasteiger charge is 2.22. The maximum Gasteiger partial charge on any atom is 0.273 e. The summed E-state index contributed by atoms with van der Waals surface area (Å²) in [6.45, 7) is 1.66. The van der Waals surface area contributed by atoms with Crippen molar-refractivity contribution in [3.8, 4) is 0 Å². The second kappa shape index (κ2) is 6.35. The van der Waals surface area contributed by atoms with E-state index in [4.69, 9.17) is 0 Å². The number of alkyl halides is 1. The third-order valence-electron chi connectivity index (χ3n) is 3.66. The number of nitro groups is 1. The van der Waals surface area contributed by atoms with Crippen LogP contribution in [0.15, 0.2) is 18.2 Å². The van der Waals surface area contributed by atoms with Crippen LogP contribution in [-0.2, 0) is 0 Å². The van der Waals surface area contributed by atoms with Gasteiger partial charge in [0.15, 0.2) is 0 Å². The topological polar surface area (TPSA) is 72.2 Å². The Bertz CT molecular complexity index is 525. The van der Waals surface area contributed by atoms with Gasteiger partial charge >= 0.3 is 0 Å². The Morgan fingerprint density at radius 2 is 2.00 bits per heavy atom. The number of nitrogens with one attached hydrogen (secondary N) is 1. The van der Waals surface area contributed by atoms with E-state index >= 15 is 0 Å². The van der Waals surface area contributed by atoms with Crippen molar-refractivity contribution in [1.29, 1.82) is 0 Å². The molecule has 0 atom stereocenters. The van der Waals surface area contributed by atoms with Gasteiger partial charge in [0.2, 0.25) is 0 Å². The van der Waals surface area contributed by atoms with Crippen LogP contribution in [0.2, 0.25) is 0 Å². The summed E-state index contributed by atoms with van der Waals surface area (Å²) in [7, 11) is 0. The molecule has 0 saturated heterocycles. The van der Waals surface area contributed by atoms with E-state index in [0.29, 0.717) is 16.0 Å². The zero-order valence-electron chi connectivity index (χ0n) is 11.3. The summed E-state index contributed by atoms with van der Waals surface area (Å²) in [5, 5.41) is 13.9. The fraction of sp³-hybridized carbons (Fsp3) is 0.500. The lowest BCUT2D eigenvalue weighted by atomic mass is 9.95. The molecule has 0 unspecified atom stereocenters. The summed E-state index contributed by atoms with van der Waals surface area (Å²) in [4.78, 5) is 23.1. The van der Waals surface area contributed by atoms with Crippen molar-refractivity contribution >= 4 is 27.5 Å². The van der Waals surface area contributed by atoms with Gasteiger partial charge in [0, 0.05) is 28.1 Å². The van der Waals surface area contributed by atoms with Crippen LogP contribution in [0, 0.1) is 17.0 Å². The van der Waals surface area contributed by atoms with E-state index in [1.807, 2.05) is 0 Å². The average molecular weight is 341 g/mol. The van der Waals surface area contributed by atoms with E-state index in [1.54, 1.807) is 19.1 Å². The Labute approximate surface area is 126 Å². The molecule has 0 aliphatic heterocycles. The zero-order chi connectivity index (χ0) is 14.7. The van der Waals surface area contributed by atoms with Crippen LogP contribution in [0.5, 0.6) is 0 Å². The number of hydrogen-bond donors (Lipinski definition) is 1. The number of carbonyl (C=O) groups excluding carboxylic acids is 1. The van der Waals surface area contributed by atoms with Gasteiger partial charge in [-0.25, -0.2) is 0 Å². The quantitative estimate of drug-likeness (QED) is 0.521. The molecule has 1 N–H and O–H groups in total. The van der Waals surface area contributed by atoms with E-state index in [2.05, 4.69) is 21.2 Å². The third kappa shape index (κ3) is 3.56. The predicted molar refractivity (Wildman–Crippen MR) is 80.3 cm³/mol. The van der Waals surface area contributed by atoms with Crippen molar-refractivity contribution in [3.63, 3.8) is 0 Å². The minimum atomic E-state index is -0.456. The number of nitrogens with zero attached hydrogens (tertiary/aromatic N) is 1. The maximum atomic E-state index is 12.1. The molecule has 0 spiro atoms. The Hall–Kier alpha value is -1.43. The van der Waals surface area contributed by atoms with Crippen molar-refractivity contribution in [3.05, 3.63) is 39.4 Å². The standard InChI is InChI=1S/C14H17BrN2O3/c1-9-2-3-10(8-13(9)17(19)20)14(18)16-12-6-4-11(15)5-7-12/h2-3,8,11-12H,4-7H2,1H3,(H,16,18). The number of rotatable bonds is 3. The van der Waals surface area contributed by atoms with E-state index in [-0.39, 0.29) is 17.6 Å². The van der Waals surface area contributed by atoms with Crippen LogP contribution in [-0.4, -0.2) is 21.7 Å². The highest BCUT2D eigenvalue weighted by Crippen LogP contribution is 2.25. The molecule has 0 aromatic heterocycles. The highest BCUT2D eigenvalue weighted by molar-refractivity contribution is 9.09. The molecule has 2 rings (SSSR count). The Morgan fingerprint density at radius 1 is 1.35 bits per heavy atom. The molecule has 1 aliphatic carbocycles. The van der Waals surface area contributed by atoms with Crippen molar-refractivity contribution < 1.29 is 9.72 Å². The lowest BCUT2D eigenvalue weighted by molar-refractivity contribution is -0.385. The molecular weight excluding hydrogens is 324 g/mol. The molecule has 1 fully saturated rings. The Balaban J connectivity index is 2.06. The fourth-order valence-corrected chi connectivity index (χ4v) is 2.94. The van der Waals surface area contributed by atoms with Gasteiger partial charge in [-0.15, -0.1) is 0 Å². The number of hydrogen-bond acceptors (Lipinski definition) is 3. The lowest BCUT2D eigenvalue weighted by Crippen LogP contribution is -2.37. The first-order valence-electron chi connectivity index (χ1n) is 6.67. The summed E-state index contributed by atoms with van der Waals surface area (Å²) in [6, 6.07) is 4.76. The number of carbonyl (C=O) groups is 1. The monoisotopic (exact) mass is 340 g/mol. The number of halogens is 1. The average Bonchev–Trinajstić information content (AvgIpc) is 2.41. The number of nitro benzene ring substituents is 1. The van der Waals surface area contributed by atoms with Crippen molar-refractivity contribution in [2.75, 3.05) is 0 Å². The van der Waals surface area contributed by atoms with Crippen LogP contribution in [0.4, 0.5) is 5.69 Å². The molecule has 1 amide bonds. The van der Waals surface area contributed by atoms with Gasteiger partial charge < -0.3 is 5.32 Å². The number of benzene rings is 1. The fourth-order valence-electron chi connectivity index (χ4n) is 2.41. The van der Waals surface area contributed by atoms with Gasteiger partial charge in [-0.3, -0.25) is 14.9 Å². The first-order valence-corrected chi connectivity index (χ1v) is 7.59. The maximum absolute atomic E-state index is 12.1. The lowest BCUT2D eigenvalue weighted by Gasteiger charge is -2.26. The van der Waals surface area contributed by atoms with Gasteiger partial charge in [-0.05, 0) is 38.7 Å². The molecule has 5 nitrogen and oxygen atoms in total. The van der Waals surface area contributed by atoms with Gasteiger partial charge in [-0.2, -0.15) is 0 Å². The van der Waals surface area contributed by atoms with Gasteiger partial charge in [0.25, 0.3) is 11.6 Å². The predicted octanol–water partition coefficient (Wildman–Crippen LogP) is 3.34. The first kappa shape index (κ1) is 15.0. The van der Waals surface area contributed by atoms with E-state index < -0.39 is 4.92 Å². The SMILES string of the molecule is Cc1ccc(C(=O)NC2CCC(Br)CC2)cc1[N+](=O)[O-]. The number of aryl methyl sites for hydroxylation is 1. The number of amides is 1. The van der Waals surface area contributed by atoms with Crippen molar-refractivity contribution in [2.24, 2.45) is 0 Å². The summed E-state index contributed by atoms with van der Waals surface area (Å²) >= 11 is 3.57. The summed E-state index contributed by atoms with van der Waals surface area (Å²) in [5.41, 5.74) is 0.899. The van der Waals surface area contributed by atoms with Crippen molar-refractivity contribution in [2.45, 2.75) is 43.5 Å². The molecule has 1 aromatic carbocycles. The van der Waals surface area contributed by atoms with Crippen LogP contribution in [0.3, 0.4) is 0 Å². The first-order chi connectivity index (χ1) is 9.47. The third-order valence-corrected chi connectivity index (χ3v) is 4.58. The zero-order valence-corrected chi connectivity index (χ0v) is 12.9. The Morgan fingerprint density at radius 3 is 2.60 bits per heavy atom. The highest BCUT2D eigenvalue weighted by atomic mass is 79.9.